The van der Waals surface area contributed by atoms with Gasteiger partial charge in [0.15, 0.2) is 0 Å². The minimum absolute atomic E-state index is 0.166. The molecule has 7 nitrogen and oxygen atoms in total. The molecule has 0 saturated carbocycles. The molecule has 0 aliphatic carbocycles. The van der Waals surface area contributed by atoms with Gasteiger partial charge in [-0.3, -0.25) is 9.69 Å². The molecular weight excluding hydrogens is 348 g/mol. The van der Waals surface area contributed by atoms with Crippen LogP contribution in [0.15, 0.2) is 0 Å². The summed E-state index contributed by atoms with van der Waals surface area (Å²) < 4.78 is 5.82. The first-order chi connectivity index (χ1) is 12.6. The molecule has 2 aliphatic rings. The van der Waals surface area contributed by atoms with Crippen LogP contribution in [0.5, 0.6) is 11.5 Å². The van der Waals surface area contributed by atoms with Crippen LogP contribution < -0.4 is 10.1 Å². The highest BCUT2D eigenvalue weighted by atomic mass is 16.5. The minimum Gasteiger partial charge on any atom is -0.507 e. The summed E-state index contributed by atoms with van der Waals surface area (Å²) in [6.45, 7) is 14.3. The molecular formula is C20H32N2O5. The van der Waals surface area contributed by atoms with Gasteiger partial charge >= 0.3 is 5.97 Å². The highest BCUT2D eigenvalue weighted by Crippen LogP contribution is 2.51. The second-order valence-electron chi connectivity index (χ2n) is 7.76. The number of carbonyl (C=O) groups is 1. The number of phenols is 1. The van der Waals surface area contributed by atoms with Gasteiger partial charge in [-0.25, -0.2) is 0 Å². The van der Waals surface area contributed by atoms with E-state index in [2.05, 4.69) is 10.2 Å². The van der Waals surface area contributed by atoms with Gasteiger partial charge < -0.3 is 25.4 Å². The maximum absolute atomic E-state index is 11.5. The van der Waals surface area contributed by atoms with E-state index in [1.54, 1.807) is 20.8 Å². The lowest BCUT2D eigenvalue weighted by Gasteiger charge is -2.25. The number of aliphatic hydroxyl groups excluding tert-OH is 1. The molecule has 0 amide bonds. The molecule has 4 N–H and O–H groups in total. The Hall–Kier alpha value is -1.83. The van der Waals surface area contributed by atoms with Crippen LogP contribution in [0, 0.1) is 20.8 Å². The Morgan fingerprint density at radius 3 is 2.30 bits per heavy atom. The van der Waals surface area contributed by atoms with Crippen LogP contribution in [0.1, 0.15) is 42.0 Å². The standard InChI is InChI=1S/C14H18O4.C6H14N2O/c1-6-7(2)12-9(8(3)11(6)15)10(13(16)17)14(4,5)18-12;9-6-5-8-3-1-7-2-4-8/h10,15H,1-5H3,(H,16,17);7,9H,1-6H2. The van der Waals surface area contributed by atoms with E-state index in [0.717, 1.165) is 43.9 Å². The lowest BCUT2D eigenvalue weighted by molar-refractivity contribution is -0.142. The molecule has 1 aromatic carbocycles. The number of aliphatic hydroxyl groups is 1. The fourth-order valence-corrected chi connectivity index (χ4v) is 3.77. The van der Waals surface area contributed by atoms with Gasteiger partial charge in [0.1, 0.15) is 23.0 Å². The van der Waals surface area contributed by atoms with Crippen LogP contribution in [-0.4, -0.2) is 71.1 Å². The first-order valence-corrected chi connectivity index (χ1v) is 9.40. The van der Waals surface area contributed by atoms with E-state index in [-0.39, 0.29) is 5.75 Å². The average Bonchev–Trinajstić information content (AvgIpc) is 2.91. The number of aromatic hydroxyl groups is 1. The lowest BCUT2D eigenvalue weighted by Crippen LogP contribution is -2.44. The third-order valence-electron chi connectivity index (χ3n) is 5.48. The number of fused-ring (bicyclic) bond motifs is 1. The fourth-order valence-electron chi connectivity index (χ4n) is 3.77. The molecule has 1 saturated heterocycles. The van der Waals surface area contributed by atoms with Crippen molar-refractivity contribution in [3.8, 4) is 11.5 Å². The Bertz CT molecular complexity index is 694. The summed E-state index contributed by atoms with van der Waals surface area (Å²) in [4.78, 5) is 13.7. The highest BCUT2D eigenvalue weighted by molar-refractivity contribution is 5.82. The number of rotatable bonds is 3. The molecule has 0 bridgehead atoms. The smallest absolute Gasteiger partial charge is 0.315 e. The summed E-state index contributed by atoms with van der Waals surface area (Å²) in [5, 5.41) is 31.3. The Morgan fingerprint density at radius 2 is 1.78 bits per heavy atom. The number of carboxylic acid groups (broad SMARTS) is 1. The van der Waals surface area contributed by atoms with Gasteiger partial charge in [-0.1, -0.05) is 0 Å². The van der Waals surface area contributed by atoms with Gasteiger partial charge in [-0.15, -0.1) is 0 Å². The van der Waals surface area contributed by atoms with Crippen LogP contribution in [-0.2, 0) is 4.79 Å². The number of benzene rings is 1. The third kappa shape index (κ3) is 4.36. The number of nitrogens with one attached hydrogen (secondary N) is 1. The predicted octanol–water partition coefficient (Wildman–Crippen LogP) is 1.54. The second kappa shape index (κ2) is 8.46. The SMILES string of the molecule is Cc1c(C)c2c(c(C)c1O)C(C(=O)O)C(C)(C)O2.OCCN1CCNCC1. The quantitative estimate of drug-likeness (QED) is 0.631. The van der Waals surface area contributed by atoms with Crippen LogP contribution >= 0.6 is 0 Å². The van der Waals surface area contributed by atoms with Gasteiger partial charge in [-0.05, 0) is 51.3 Å². The largest absolute Gasteiger partial charge is 0.507 e. The van der Waals surface area contributed by atoms with Crippen molar-refractivity contribution in [2.45, 2.75) is 46.1 Å². The summed E-state index contributed by atoms with van der Waals surface area (Å²) in [6.07, 6.45) is 0. The highest BCUT2D eigenvalue weighted by Gasteiger charge is 2.48. The molecule has 152 valence electrons. The molecule has 1 atom stereocenters. The minimum atomic E-state index is -0.926. The fraction of sp³-hybridized carbons (Fsp3) is 0.650. The molecule has 1 aromatic rings. The van der Waals surface area contributed by atoms with Crippen molar-refractivity contribution in [1.29, 1.82) is 0 Å². The van der Waals surface area contributed by atoms with Crippen molar-refractivity contribution in [2.24, 2.45) is 0 Å². The Morgan fingerprint density at radius 1 is 1.19 bits per heavy atom. The van der Waals surface area contributed by atoms with Crippen molar-refractivity contribution in [3.05, 3.63) is 22.3 Å². The van der Waals surface area contributed by atoms with Gasteiger partial charge in [0.25, 0.3) is 0 Å². The number of piperazine rings is 1. The van der Waals surface area contributed by atoms with E-state index >= 15 is 0 Å². The summed E-state index contributed by atoms with van der Waals surface area (Å²) in [6, 6.07) is 0. The third-order valence-corrected chi connectivity index (χ3v) is 5.48. The zero-order valence-electron chi connectivity index (χ0n) is 16.9. The molecule has 0 aromatic heterocycles. The number of aliphatic carboxylic acids is 1. The van der Waals surface area contributed by atoms with Gasteiger partial charge in [0, 0.05) is 38.3 Å². The first-order valence-electron chi connectivity index (χ1n) is 9.40. The maximum Gasteiger partial charge on any atom is 0.315 e. The van der Waals surface area contributed by atoms with Crippen LogP contribution in [0.2, 0.25) is 0 Å². The Kier molecular flexibility index (Phi) is 6.72. The van der Waals surface area contributed by atoms with Crippen LogP contribution in [0.25, 0.3) is 0 Å². The van der Waals surface area contributed by atoms with Gasteiger partial charge in [0.05, 0.1) is 6.61 Å². The second-order valence-corrected chi connectivity index (χ2v) is 7.76. The summed E-state index contributed by atoms with van der Waals surface area (Å²) in [5.41, 5.74) is 1.96. The molecule has 0 radical (unpaired) electrons. The molecule has 1 fully saturated rings. The van der Waals surface area contributed by atoms with E-state index in [0.29, 0.717) is 23.5 Å². The number of ether oxygens (including phenoxy) is 1. The normalized spacial score (nSPS) is 21.0. The van der Waals surface area contributed by atoms with E-state index in [9.17, 15) is 15.0 Å². The summed E-state index contributed by atoms with van der Waals surface area (Å²) in [7, 11) is 0. The summed E-state index contributed by atoms with van der Waals surface area (Å²) in [5.74, 6) is -0.902. The molecule has 7 heteroatoms. The number of carboxylic acids is 1. The molecule has 2 heterocycles. The molecule has 0 spiro atoms. The van der Waals surface area contributed by atoms with E-state index in [1.165, 1.54) is 0 Å². The monoisotopic (exact) mass is 380 g/mol. The van der Waals surface area contributed by atoms with Gasteiger partial charge in [0.2, 0.25) is 0 Å². The van der Waals surface area contributed by atoms with Gasteiger partial charge in [-0.2, -0.15) is 0 Å². The first kappa shape index (κ1) is 21.5. The maximum atomic E-state index is 11.5. The predicted molar refractivity (Wildman–Crippen MR) is 104 cm³/mol. The molecule has 1 unspecified atom stereocenters. The average molecular weight is 380 g/mol. The molecule has 2 aliphatic heterocycles. The zero-order chi connectivity index (χ0) is 20.4. The van der Waals surface area contributed by atoms with E-state index < -0.39 is 17.5 Å². The van der Waals surface area contributed by atoms with E-state index in [4.69, 9.17) is 9.84 Å². The van der Waals surface area contributed by atoms with Crippen molar-refractivity contribution >= 4 is 5.97 Å². The Balaban J connectivity index is 0.000000244. The topological polar surface area (TPSA) is 102 Å². The molecule has 3 rings (SSSR count). The summed E-state index contributed by atoms with van der Waals surface area (Å²) >= 11 is 0. The van der Waals surface area contributed by atoms with E-state index in [1.807, 2.05) is 13.8 Å². The van der Waals surface area contributed by atoms with Crippen molar-refractivity contribution in [2.75, 3.05) is 39.3 Å². The zero-order valence-corrected chi connectivity index (χ0v) is 16.9. The van der Waals surface area contributed by atoms with Crippen molar-refractivity contribution in [1.82, 2.24) is 10.2 Å². The number of β-amino-alcohol motifs (C(OH)–C–C–N with tert-alkyl or cyclic N) is 1. The Labute approximate surface area is 161 Å². The number of hydrogen-bond donors (Lipinski definition) is 4. The lowest BCUT2D eigenvalue weighted by atomic mass is 9.83. The van der Waals surface area contributed by atoms with Crippen molar-refractivity contribution < 1.29 is 24.9 Å². The van der Waals surface area contributed by atoms with Crippen molar-refractivity contribution in [3.63, 3.8) is 0 Å². The number of nitrogens with zero attached hydrogens (tertiary/aromatic N) is 1. The van der Waals surface area contributed by atoms with Crippen LogP contribution in [0.3, 0.4) is 0 Å². The van der Waals surface area contributed by atoms with Crippen LogP contribution in [0.4, 0.5) is 0 Å². The molecule has 27 heavy (non-hydrogen) atoms. The number of phenolic OH excluding ortho intramolecular Hbond substituents is 1. The number of hydrogen-bond acceptors (Lipinski definition) is 6.